The van der Waals surface area contributed by atoms with Gasteiger partial charge in [0.2, 0.25) is 10.0 Å². The van der Waals surface area contributed by atoms with Crippen LogP contribution in [0, 0.1) is 12.7 Å². The van der Waals surface area contributed by atoms with Gasteiger partial charge in [0.05, 0.1) is 6.20 Å². The van der Waals surface area contributed by atoms with E-state index in [-0.39, 0.29) is 11.4 Å². The van der Waals surface area contributed by atoms with Gasteiger partial charge in [0.15, 0.2) is 0 Å². The molecule has 0 aliphatic rings. The van der Waals surface area contributed by atoms with E-state index >= 15 is 0 Å². The van der Waals surface area contributed by atoms with E-state index < -0.39 is 15.8 Å². The van der Waals surface area contributed by atoms with E-state index in [0.717, 1.165) is 11.8 Å². The maximum Gasteiger partial charge on any atom is 0.243 e. The van der Waals surface area contributed by atoms with Crippen molar-refractivity contribution in [1.29, 1.82) is 0 Å². The summed E-state index contributed by atoms with van der Waals surface area (Å²) >= 11 is 0. The quantitative estimate of drug-likeness (QED) is 0.744. The second-order valence-electron chi connectivity index (χ2n) is 4.64. The molecule has 6 nitrogen and oxygen atoms in total. The first-order valence-corrected chi connectivity index (χ1v) is 7.84. The van der Waals surface area contributed by atoms with Gasteiger partial charge in [-0.25, -0.2) is 17.5 Å². The van der Waals surface area contributed by atoms with Crippen LogP contribution in [0.1, 0.15) is 16.8 Å². The van der Waals surface area contributed by atoms with E-state index in [1.54, 1.807) is 20.0 Å². The van der Waals surface area contributed by atoms with Gasteiger partial charge in [0, 0.05) is 24.3 Å². The van der Waals surface area contributed by atoms with Crippen LogP contribution in [0.5, 0.6) is 0 Å². The molecule has 1 aromatic carbocycles. The van der Waals surface area contributed by atoms with E-state index in [1.165, 1.54) is 12.3 Å². The molecule has 0 bridgehead atoms. The van der Waals surface area contributed by atoms with E-state index in [4.69, 9.17) is 0 Å². The Morgan fingerprint density at radius 2 is 2.10 bits per heavy atom. The van der Waals surface area contributed by atoms with E-state index in [2.05, 4.69) is 20.2 Å². The van der Waals surface area contributed by atoms with Crippen molar-refractivity contribution in [2.45, 2.75) is 24.9 Å². The first-order valence-electron chi connectivity index (χ1n) is 6.35. The van der Waals surface area contributed by atoms with Gasteiger partial charge in [-0.05, 0) is 31.7 Å². The number of halogens is 1. The maximum absolute atomic E-state index is 13.8. The zero-order valence-electron chi connectivity index (χ0n) is 11.8. The third kappa shape index (κ3) is 3.66. The molecule has 8 heteroatoms. The molecular weight excluding hydrogens is 295 g/mol. The highest BCUT2D eigenvalue weighted by atomic mass is 32.2. The predicted molar refractivity (Wildman–Crippen MR) is 76.5 cm³/mol. The number of nitrogens with one attached hydrogen (secondary N) is 3. The zero-order valence-corrected chi connectivity index (χ0v) is 12.6. The van der Waals surface area contributed by atoms with Gasteiger partial charge in [0.25, 0.3) is 0 Å². The van der Waals surface area contributed by atoms with Crippen molar-refractivity contribution < 1.29 is 12.8 Å². The lowest BCUT2D eigenvalue weighted by Crippen LogP contribution is -2.24. The van der Waals surface area contributed by atoms with Crippen LogP contribution in [0.15, 0.2) is 29.3 Å². The van der Waals surface area contributed by atoms with Crippen LogP contribution < -0.4 is 10.0 Å². The van der Waals surface area contributed by atoms with Crippen LogP contribution in [0.4, 0.5) is 4.39 Å². The minimum absolute atomic E-state index is 0.0559. The molecule has 2 rings (SSSR count). The van der Waals surface area contributed by atoms with E-state index in [9.17, 15) is 12.8 Å². The first kappa shape index (κ1) is 15.6. The van der Waals surface area contributed by atoms with Crippen LogP contribution in [0.3, 0.4) is 0 Å². The second-order valence-corrected chi connectivity index (χ2v) is 6.38. The smallest absolute Gasteiger partial charge is 0.243 e. The average Bonchev–Trinajstić information content (AvgIpc) is 2.84. The summed E-state index contributed by atoms with van der Waals surface area (Å²) in [6, 6.07) is 4.03. The van der Waals surface area contributed by atoms with Crippen LogP contribution >= 0.6 is 0 Å². The number of H-pyrrole nitrogens is 1. The van der Waals surface area contributed by atoms with E-state index in [0.29, 0.717) is 17.7 Å². The SMILES string of the molecule is CNCc1ccc(F)c(S(=O)(=O)NCc2cn[nH]c2C)c1. The van der Waals surface area contributed by atoms with Gasteiger partial charge < -0.3 is 5.32 Å². The summed E-state index contributed by atoms with van der Waals surface area (Å²) in [4.78, 5) is -0.351. The Balaban J connectivity index is 2.22. The highest BCUT2D eigenvalue weighted by Crippen LogP contribution is 2.17. The second kappa shape index (κ2) is 6.33. The molecule has 114 valence electrons. The molecule has 0 saturated heterocycles. The van der Waals surface area contributed by atoms with Crippen molar-refractivity contribution in [1.82, 2.24) is 20.2 Å². The molecule has 0 atom stereocenters. The Labute approximate surface area is 122 Å². The molecule has 0 fully saturated rings. The third-order valence-electron chi connectivity index (χ3n) is 3.05. The molecule has 21 heavy (non-hydrogen) atoms. The monoisotopic (exact) mass is 312 g/mol. The number of aryl methyl sites for hydroxylation is 1. The predicted octanol–water partition coefficient (Wildman–Crippen LogP) is 1.06. The minimum Gasteiger partial charge on any atom is -0.316 e. The summed E-state index contributed by atoms with van der Waals surface area (Å²) in [6.45, 7) is 2.30. The first-order chi connectivity index (χ1) is 9.94. The van der Waals surface area contributed by atoms with Gasteiger partial charge >= 0.3 is 0 Å². The molecule has 0 saturated carbocycles. The Bertz CT molecular complexity index is 728. The van der Waals surface area contributed by atoms with Gasteiger partial charge in [0.1, 0.15) is 10.7 Å². The van der Waals surface area contributed by atoms with Crippen LogP contribution in [-0.2, 0) is 23.1 Å². The highest BCUT2D eigenvalue weighted by molar-refractivity contribution is 7.89. The standard InChI is InChI=1S/C13H17FN4O2S/c1-9-11(7-16-18-9)8-17-21(19,20)13-5-10(6-15-2)3-4-12(13)14/h3-5,7,15,17H,6,8H2,1-2H3,(H,16,18). The number of aromatic amines is 1. The van der Waals surface area contributed by atoms with Crippen molar-refractivity contribution in [3.05, 3.63) is 47.0 Å². The molecule has 0 aliphatic carbocycles. The van der Waals surface area contributed by atoms with Crippen LogP contribution in [-0.4, -0.2) is 25.7 Å². The molecule has 0 aliphatic heterocycles. The molecule has 0 radical (unpaired) electrons. The van der Waals surface area contributed by atoms with Gasteiger partial charge in [-0.2, -0.15) is 5.10 Å². The maximum atomic E-state index is 13.8. The molecule has 0 spiro atoms. The highest BCUT2D eigenvalue weighted by Gasteiger charge is 2.19. The fourth-order valence-electron chi connectivity index (χ4n) is 1.87. The fraction of sp³-hybridized carbons (Fsp3) is 0.308. The average molecular weight is 312 g/mol. The van der Waals surface area contributed by atoms with Gasteiger partial charge in [-0.3, -0.25) is 5.10 Å². The number of aromatic nitrogens is 2. The summed E-state index contributed by atoms with van der Waals surface area (Å²) in [5.74, 6) is -0.772. The van der Waals surface area contributed by atoms with Crippen LogP contribution in [0.2, 0.25) is 0 Å². The van der Waals surface area contributed by atoms with Crippen molar-refractivity contribution >= 4 is 10.0 Å². The molecule has 1 heterocycles. The Kier molecular flexibility index (Phi) is 4.71. The molecule has 2 aromatic rings. The molecule has 0 amide bonds. The lowest BCUT2D eigenvalue weighted by Gasteiger charge is -2.09. The van der Waals surface area contributed by atoms with Crippen molar-refractivity contribution in [3.63, 3.8) is 0 Å². The summed E-state index contributed by atoms with van der Waals surface area (Å²) in [6.07, 6.45) is 1.53. The fourth-order valence-corrected chi connectivity index (χ4v) is 3.00. The third-order valence-corrected chi connectivity index (χ3v) is 4.47. The largest absolute Gasteiger partial charge is 0.316 e. The lowest BCUT2D eigenvalue weighted by atomic mass is 10.2. The van der Waals surface area contributed by atoms with Crippen molar-refractivity contribution in [3.8, 4) is 0 Å². The number of nitrogens with zero attached hydrogens (tertiary/aromatic N) is 1. The van der Waals surface area contributed by atoms with Gasteiger partial charge in [-0.1, -0.05) is 6.07 Å². The molecular formula is C13H17FN4O2S. The topological polar surface area (TPSA) is 86.9 Å². The summed E-state index contributed by atoms with van der Waals surface area (Å²) in [7, 11) is -2.19. The number of hydrogen-bond donors (Lipinski definition) is 3. The number of benzene rings is 1. The van der Waals surface area contributed by atoms with Crippen LogP contribution in [0.25, 0.3) is 0 Å². The zero-order chi connectivity index (χ0) is 15.5. The normalized spacial score (nSPS) is 11.8. The van der Waals surface area contributed by atoms with Gasteiger partial charge in [-0.15, -0.1) is 0 Å². The Morgan fingerprint density at radius 1 is 1.33 bits per heavy atom. The lowest BCUT2D eigenvalue weighted by molar-refractivity contribution is 0.555. The Morgan fingerprint density at radius 3 is 2.71 bits per heavy atom. The minimum atomic E-state index is -3.92. The molecule has 3 N–H and O–H groups in total. The van der Waals surface area contributed by atoms with Crippen molar-refractivity contribution in [2.24, 2.45) is 0 Å². The number of rotatable bonds is 6. The summed E-state index contributed by atoms with van der Waals surface area (Å²) in [5, 5.41) is 9.42. The number of hydrogen-bond acceptors (Lipinski definition) is 4. The number of sulfonamides is 1. The summed E-state index contributed by atoms with van der Waals surface area (Å²) < 4.78 is 40.6. The Hall–Kier alpha value is -1.77. The molecule has 1 aromatic heterocycles. The summed E-state index contributed by atoms with van der Waals surface area (Å²) in [5.41, 5.74) is 2.17. The van der Waals surface area contributed by atoms with E-state index in [1.807, 2.05) is 0 Å². The van der Waals surface area contributed by atoms with Crippen molar-refractivity contribution in [2.75, 3.05) is 7.05 Å². The molecule has 0 unspecified atom stereocenters.